The summed E-state index contributed by atoms with van der Waals surface area (Å²) in [6.07, 6.45) is 0.704. The van der Waals surface area contributed by atoms with Gasteiger partial charge in [0.05, 0.1) is 20.1 Å². The smallest absolute Gasteiger partial charge is 0.309 e. The molecule has 0 aliphatic heterocycles. The van der Waals surface area contributed by atoms with E-state index in [0.717, 1.165) is 22.4 Å². The van der Waals surface area contributed by atoms with Crippen LogP contribution in [0.15, 0.2) is 12.1 Å². The van der Waals surface area contributed by atoms with Crippen molar-refractivity contribution in [3.63, 3.8) is 0 Å². The second kappa shape index (κ2) is 6.60. The number of ether oxygens (including phenoxy) is 2. The van der Waals surface area contributed by atoms with Gasteiger partial charge in [0.15, 0.2) is 0 Å². The van der Waals surface area contributed by atoms with Crippen LogP contribution in [0.1, 0.15) is 30.5 Å². The van der Waals surface area contributed by atoms with Crippen molar-refractivity contribution in [1.29, 1.82) is 0 Å². The minimum absolute atomic E-state index is 0.0998. The summed E-state index contributed by atoms with van der Waals surface area (Å²) < 4.78 is 10.2. The second-order valence-electron chi connectivity index (χ2n) is 5.34. The molecule has 0 spiro atoms. The Labute approximate surface area is 115 Å². The van der Waals surface area contributed by atoms with Crippen molar-refractivity contribution in [2.45, 2.75) is 34.1 Å². The minimum Gasteiger partial charge on any atom is -0.496 e. The molecule has 1 aromatic rings. The molecule has 0 saturated carbocycles. The molecule has 0 fully saturated rings. The summed E-state index contributed by atoms with van der Waals surface area (Å²) >= 11 is 0. The lowest BCUT2D eigenvalue weighted by atomic mass is 9.88. The maximum atomic E-state index is 11.8. The van der Waals surface area contributed by atoms with Crippen LogP contribution in [-0.4, -0.2) is 20.2 Å². The molecule has 0 saturated heterocycles. The van der Waals surface area contributed by atoms with Crippen LogP contribution < -0.4 is 4.74 Å². The number of methoxy groups -OCH3 is 2. The maximum absolute atomic E-state index is 11.8. The van der Waals surface area contributed by atoms with Gasteiger partial charge in [0, 0.05) is 0 Å². The van der Waals surface area contributed by atoms with Crippen LogP contribution in [0.25, 0.3) is 0 Å². The van der Waals surface area contributed by atoms with E-state index < -0.39 is 0 Å². The van der Waals surface area contributed by atoms with Crippen LogP contribution in [0.3, 0.4) is 0 Å². The van der Waals surface area contributed by atoms with Gasteiger partial charge >= 0.3 is 5.97 Å². The van der Waals surface area contributed by atoms with Crippen molar-refractivity contribution in [2.24, 2.45) is 11.8 Å². The summed E-state index contributed by atoms with van der Waals surface area (Å²) in [5.74, 6) is 0.941. The topological polar surface area (TPSA) is 35.5 Å². The van der Waals surface area contributed by atoms with Crippen molar-refractivity contribution < 1.29 is 14.3 Å². The Kier molecular flexibility index (Phi) is 5.40. The van der Waals surface area contributed by atoms with Crippen molar-refractivity contribution >= 4 is 5.97 Å². The molecular weight excluding hydrogens is 240 g/mol. The maximum Gasteiger partial charge on any atom is 0.309 e. The van der Waals surface area contributed by atoms with Crippen molar-refractivity contribution in [3.05, 3.63) is 28.8 Å². The van der Waals surface area contributed by atoms with Gasteiger partial charge in [-0.15, -0.1) is 0 Å². The molecule has 1 aromatic carbocycles. The highest BCUT2D eigenvalue weighted by molar-refractivity contribution is 5.73. The molecule has 19 heavy (non-hydrogen) atoms. The van der Waals surface area contributed by atoms with E-state index in [0.29, 0.717) is 6.42 Å². The molecule has 0 aromatic heterocycles. The van der Waals surface area contributed by atoms with E-state index >= 15 is 0 Å². The number of benzene rings is 1. The van der Waals surface area contributed by atoms with Crippen LogP contribution >= 0.6 is 0 Å². The van der Waals surface area contributed by atoms with E-state index in [1.807, 2.05) is 27.7 Å². The molecule has 0 radical (unpaired) electrons. The molecule has 0 aliphatic rings. The summed E-state index contributed by atoms with van der Waals surface area (Å²) in [7, 11) is 3.13. The van der Waals surface area contributed by atoms with E-state index in [4.69, 9.17) is 9.47 Å². The Morgan fingerprint density at radius 2 is 1.68 bits per heavy atom. The number of esters is 1. The van der Waals surface area contributed by atoms with Crippen LogP contribution in [0.2, 0.25) is 0 Å². The SMILES string of the molecule is COC(=O)C(Cc1cc(C)c(OC)c(C)c1)C(C)C. The lowest BCUT2D eigenvalue weighted by Gasteiger charge is -2.19. The Bertz CT molecular complexity index is 426. The number of carbonyl (C=O) groups excluding carboxylic acids is 1. The zero-order chi connectivity index (χ0) is 14.6. The third-order valence-corrected chi connectivity index (χ3v) is 3.49. The third kappa shape index (κ3) is 3.72. The Morgan fingerprint density at radius 3 is 2.05 bits per heavy atom. The zero-order valence-corrected chi connectivity index (χ0v) is 12.7. The highest BCUT2D eigenvalue weighted by atomic mass is 16.5. The molecule has 3 heteroatoms. The molecule has 1 atom stereocenters. The highest BCUT2D eigenvalue weighted by Gasteiger charge is 2.23. The zero-order valence-electron chi connectivity index (χ0n) is 12.7. The summed E-state index contributed by atoms with van der Waals surface area (Å²) in [5, 5.41) is 0. The average molecular weight is 264 g/mol. The predicted octanol–water partition coefficient (Wildman–Crippen LogP) is 3.30. The lowest BCUT2D eigenvalue weighted by Crippen LogP contribution is -2.24. The van der Waals surface area contributed by atoms with Crippen molar-refractivity contribution in [1.82, 2.24) is 0 Å². The molecule has 0 N–H and O–H groups in total. The molecule has 1 unspecified atom stereocenters. The van der Waals surface area contributed by atoms with Crippen LogP contribution in [0, 0.1) is 25.7 Å². The lowest BCUT2D eigenvalue weighted by molar-refractivity contribution is -0.146. The monoisotopic (exact) mass is 264 g/mol. The van der Waals surface area contributed by atoms with E-state index in [-0.39, 0.29) is 17.8 Å². The number of hydrogen-bond acceptors (Lipinski definition) is 3. The number of aryl methyl sites for hydroxylation is 2. The van der Waals surface area contributed by atoms with E-state index in [9.17, 15) is 4.79 Å². The number of rotatable bonds is 5. The largest absolute Gasteiger partial charge is 0.496 e. The summed E-state index contributed by atoms with van der Waals surface area (Å²) in [5.41, 5.74) is 3.36. The van der Waals surface area contributed by atoms with Crippen molar-refractivity contribution in [3.8, 4) is 5.75 Å². The van der Waals surface area contributed by atoms with Crippen LogP contribution in [0.4, 0.5) is 0 Å². The van der Waals surface area contributed by atoms with Gasteiger partial charge in [-0.25, -0.2) is 0 Å². The van der Waals surface area contributed by atoms with Gasteiger partial charge in [0.1, 0.15) is 5.75 Å². The Morgan fingerprint density at radius 1 is 1.16 bits per heavy atom. The number of carbonyl (C=O) groups is 1. The number of hydrogen-bond donors (Lipinski definition) is 0. The quantitative estimate of drug-likeness (QED) is 0.765. The fourth-order valence-corrected chi connectivity index (χ4v) is 2.48. The summed E-state index contributed by atoms with van der Waals surface area (Å²) in [6.45, 7) is 8.14. The molecule has 0 aliphatic carbocycles. The first-order chi connectivity index (χ1) is 8.90. The van der Waals surface area contributed by atoms with Gasteiger partial charge in [-0.1, -0.05) is 26.0 Å². The molecule has 0 amide bonds. The van der Waals surface area contributed by atoms with Gasteiger partial charge in [-0.3, -0.25) is 4.79 Å². The molecule has 106 valence electrons. The normalized spacial score (nSPS) is 12.4. The fourth-order valence-electron chi connectivity index (χ4n) is 2.48. The molecule has 3 nitrogen and oxygen atoms in total. The first kappa shape index (κ1) is 15.5. The van der Waals surface area contributed by atoms with Crippen LogP contribution in [-0.2, 0) is 16.0 Å². The van der Waals surface area contributed by atoms with Gasteiger partial charge in [-0.2, -0.15) is 0 Å². The Balaban J connectivity index is 3.01. The fraction of sp³-hybridized carbons (Fsp3) is 0.562. The van der Waals surface area contributed by atoms with E-state index in [1.165, 1.54) is 7.11 Å². The average Bonchev–Trinajstić information content (AvgIpc) is 2.34. The standard InChI is InChI=1S/C16H24O3/c1-10(2)14(16(17)19-6)9-13-7-11(3)15(18-5)12(4)8-13/h7-8,10,14H,9H2,1-6H3. The third-order valence-electron chi connectivity index (χ3n) is 3.49. The summed E-state index contributed by atoms with van der Waals surface area (Å²) in [6, 6.07) is 4.17. The Hall–Kier alpha value is -1.51. The van der Waals surface area contributed by atoms with Gasteiger partial charge < -0.3 is 9.47 Å². The van der Waals surface area contributed by atoms with Gasteiger partial charge in [0.2, 0.25) is 0 Å². The van der Waals surface area contributed by atoms with Crippen LogP contribution in [0.5, 0.6) is 5.75 Å². The molecular formula is C16H24O3. The molecule has 0 heterocycles. The first-order valence-electron chi connectivity index (χ1n) is 6.62. The molecule has 1 rings (SSSR count). The summed E-state index contributed by atoms with van der Waals surface area (Å²) in [4.78, 5) is 11.8. The highest BCUT2D eigenvalue weighted by Crippen LogP contribution is 2.27. The van der Waals surface area contributed by atoms with Gasteiger partial charge in [-0.05, 0) is 42.9 Å². The molecule has 0 bridgehead atoms. The van der Waals surface area contributed by atoms with E-state index in [1.54, 1.807) is 7.11 Å². The predicted molar refractivity (Wildman–Crippen MR) is 76.5 cm³/mol. The second-order valence-corrected chi connectivity index (χ2v) is 5.34. The minimum atomic E-state index is -0.138. The van der Waals surface area contributed by atoms with E-state index in [2.05, 4.69) is 12.1 Å². The first-order valence-corrected chi connectivity index (χ1v) is 6.62. The van der Waals surface area contributed by atoms with Gasteiger partial charge in [0.25, 0.3) is 0 Å². The van der Waals surface area contributed by atoms with Crippen molar-refractivity contribution in [2.75, 3.05) is 14.2 Å².